The van der Waals surface area contributed by atoms with Crippen LogP contribution in [0.4, 0.5) is 0 Å². The molecular formula is C37H57N5O5. The molecular weight excluding hydrogens is 594 g/mol. The summed E-state index contributed by atoms with van der Waals surface area (Å²) in [6.45, 7) is 8.49. The van der Waals surface area contributed by atoms with Gasteiger partial charge in [-0.05, 0) is 42.6 Å². The van der Waals surface area contributed by atoms with E-state index in [1.807, 2.05) is 30.3 Å². The van der Waals surface area contributed by atoms with E-state index in [0.29, 0.717) is 62.6 Å². The minimum atomic E-state index is -0.909. The van der Waals surface area contributed by atoms with Crippen LogP contribution in [0.5, 0.6) is 0 Å². The van der Waals surface area contributed by atoms with E-state index in [1.165, 1.54) is 19.3 Å². The molecule has 4 N–H and O–H groups in total. The van der Waals surface area contributed by atoms with E-state index in [9.17, 15) is 19.5 Å². The van der Waals surface area contributed by atoms with Crippen molar-refractivity contribution in [2.24, 2.45) is 23.7 Å². The molecule has 1 saturated carbocycles. The van der Waals surface area contributed by atoms with Crippen LogP contribution in [0.25, 0.3) is 0 Å². The summed E-state index contributed by atoms with van der Waals surface area (Å²) in [4.78, 5) is 50.4. The third-order valence-electron chi connectivity index (χ3n) is 10.2. The van der Waals surface area contributed by atoms with Crippen LogP contribution in [0, 0.1) is 23.7 Å². The molecule has 0 spiro atoms. The van der Waals surface area contributed by atoms with Gasteiger partial charge in [0.15, 0.2) is 0 Å². The number of aromatic amines is 1. The zero-order valence-electron chi connectivity index (χ0n) is 28.7. The van der Waals surface area contributed by atoms with Crippen LogP contribution < -0.4 is 10.6 Å². The van der Waals surface area contributed by atoms with Crippen LogP contribution in [0.3, 0.4) is 0 Å². The van der Waals surface area contributed by atoms with Crippen molar-refractivity contribution in [3.05, 3.63) is 54.1 Å². The molecule has 0 bridgehead atoms. The molecule has 3 amide bonds. The van der Waals surface area contributed by atoms with Gasteiger partial charge in [-0.1, -0.05) is 89.6 Å². The monoisotopic (exact) mass is 651 g/mol. The summed E-state index contributed by atoms with van der Waals surface area (Å²) in [5.41, 5.74) is 1.66. The van der Waals surface area contributed by atoms with Crippen LogP contribution >= 0.6 is 0 Å². The number of ether oxygens (including phenoxy) is 1. The zero-order chi connectivity index (χ0) is 33.6. The number of carbonyl (C=O) groups is 3. The van der Waals surface area contributed by atoms with Gasteiger partial charge in [0.1, 0.15) is 6.04 Å². The molecule has 0 unspecified atom stereocenters. The summed E-state index contributed by atoms with van der Waals surface area (Å²) in [7, 11) is 0. The quantitative estimate of drug-likeness (QED) is 0.200. The fraction of sp³-hybridized carbons (Fsp3) is 0.676. The molecule has 1 aromatic heterocycles. The van der Waals surface area contributed by atoms with Gasteiger partial charge >= 0.3 is 0 Å². The Kier molecular flexibility index (Phi) is 14.7. The summed E-state index contributed by atoms with van der Waals surface area (Å²) in [6, 6.07) is 8.34. The maximum atomic E-state index is 14.1. The molecule has 1 saturated heterocycles. The van der Waals surface area contributed by atoms with Crippen LogP contribution in [0.2, 0.25) is 0 Å². The minimum Gasteiger partial charge on any atom is -0.391 e. The van der Waals surface area contributed by atoms with E-state index in [0.717, 1.165) is 31.2 Å². The number of amides is 3. The van der Waals surface area contributed by atoms with Crippen molar-refractivity contribution in [2.75, 3.05) is 26.3 Å². The first kappa shape index (κ1) is 36.6. The summed E-state index contributed by atoms with van der Waals surface area (Å²) in [5, 5.41) is 17.8. The molecule has 2 aliphatic rings. The van der Waals surface area contributed by atoms with Crippen molar-refractivity contribution in [3.63, 3.8) is 0 Å². The van der Waals surface area contributed by atoms with Gasteiger partial charge in [0.2, 0.25) is 17.7 Å². The highest BCUT2D eigenvalue weighted by Crippen LogP contribution is 2.30. The van der Waals surface area contributed by atoms with Gasteiger partial charge in [-0.2, -0.15) is 0 Å². The Labute approximate surface area is 280 Å². The molecule has 2 fully saturated rings. The maximum Gasteiger partial charge on any atom is 0.243 e. The van der Waals surface area contributed by atoms with Gasteiger partial charge in [-0.3, -0.25) is 14.4 Å². The molecule has 1 aromatic carbocycles. The lowest BCUT2D eigenvalue weighted by atomic mass is 9.80. The largest absolute Gasteiger partial charge is 0.391 e. The summed E-state index contributed by atoms with van der Waals surface area (Å²) < 4.78 is 5.42. The number of nitrogens with one attached hydrogen (secondary N) is 3. The Morgan fingerprint density at radius 2 is 1.74 bits per heavy atom. The lowest BCUT2D eigenvalue weighted by Crippen LogP contribution is -2.55. The molecule has 0 radical (unpaired) electrons. The molecule has 1 aliphatic heterocycles. The lowest BCUT2D eigenvalue weighted by molar-refractivity contribution is -0.140. The van der Waals surface area contributed by atoms with Gasteiger partial charge in [0, 0.05) is 37.8 Å². The second-order valence-electron chi connectivity index (χ2n) is 14.0. The normalized spacial score (nSPS) is 19.0. The predicted molar refractivity (Wildman–Crippen MR) is 182 cm³/mol. The lowest BCUT2D eigenvalue weighted by Gasteiger charge is -2.33. The Hall–Kier alpha value is -3.24. The Bertz CT molecular complexity index is 1210. The number of rotatable bonds is 17. The molecule has 10 heteroatoms. The Balaban J connectivity index is 1.53. The van der Waals surface area contributed by atoms with E-state index in [4.69, 9.17) is 4.74 Å². The zero-order valence-corrected chi connectivity index (χ0v) is 28.7. The first-order valence-corrected chi connectivity index (χ1v) is 17.9. The predicted octanol–water partition coefficient (Wildman–Crippen LogP) is 4.43. The van der Waals surface area contributed by atoms with Crippen molar-refractivity contribution in [2.45, 2.75) is 110 Å². The highest BCUT2D eigenvalue weighted by atomic mass is 16.5. The molecule has 260 valence electrons. The molecule has 4 rings (SSSR count). The minimum absolute atomic E-state index is 0.0375. The fourth-order valence-electron chi connectivity index (χ4n) is 7.19. The third-order valence-corrected chi connectivity index (χ3v) is 10.2. The van der Waals surface area contributed by atoms with Crippen molar-refractivity contribution in [3.8, 4) is 0 Å². The summed E-state index contributed by atoms with van der Waals surface area (Å²) in [5.74, 6) is -0.206. The van der Waals surface area contributed by atoms with Gasteiger partial charge in [0.05, 0.1) is 37.6 Å². The number of aromatic nitrogens is 2. The topological polar surface area (TPSA) is 137 Å². The second kappa shape index (κ2) is 18.9. The number of H-pyrrole nitrogens is 1. The molecule has 2 heterocycles. The van der Waals surface area contributed by atoms with Crippen LogP contribution in [0.15, 0.2) is 42.9 Å². The molecule has 1 aliphatic carbocycles. The van der Waals surface area contributed by atoms with Crippen molar-refractivity contribution in [1.29, 1.82) is 0 Å². The number of hydrogen-bond donors (Lipinski definition) is 4. The van der Waals surface area contributed by atoms with Gasteiger partial charge < -0.3 is 30.4 Å². The van der Waals surface area contributed by atoms with Crippen molar-refractivity contribution >= 4 is 17.7 Å². The number of aliphatic hydroxyl groups excluding tert-OH is 1. The van der Waals surface area contributed by atoms with Gasteiger partial charge in [-0.25, -0.2) is 4.98 Å². The Morgan fingerprint density at radius 1 is 1.02 bits per heavy atom. The molecule has 10 nitrogen and oxygen atoms in total. The highest BCUT2D eigenvalue weighted by Gasteiger charge is 2.33. The second-order valence-corrected chi connectivity index (χ2v) is 14.0. The number of carbonyl (C=O) groups excluding carboxylic acids is 3. The van der Waals surface area contributed by atoms with Crippen LogP contribution in [-0.4, -0.2) is 82.2 Å². The van der Waals surface area contributed by atoms with E-state index < -0.39 is 24.1 Å². The smallest absolute Gasteiger partial charge is 0.243 e. The highest BCUT2D eigenvalue weighted by molar-refractivity contribution is 5.91. The Morgan fingerprint density at radius 3 is 2.38 bits per heavy atom. The summed E-state index contributed by atoms with van der Waals surface area (Å²) in [6.07, 6.45) is 11.2. The van der Waals surface area contributed by atoms with Crippen LogP contribution in [-0.2, 0) is 32.0 Å². The number of hydrogen-bond acceptors (Lipinski definition) is 6. The average molecular weight is 652 g/mol. The number of aliphatic hydroxyl groups is 1. The number of imidazole rings is 1. The van der Waals surface area contributed by atoms with Gasteiger partial charge in [-0.15, -0.1) is 0 Å². The average Bonchev–Trinajstić information content (AvgIpc) is 3.60. The molecule has 2 aromatic rings. The molecule has 5 atom stereocenters. The van der Waals surface area contributed by atoms with E-state index in [2.05, 4.69) is 41.4 Å². The summed E-state index contributed by atoms with van der Waals surface area (Å²) >= 11 is 0. The fourth-order valence-corrected chi connectivity index (χ4v) is 7.19. The van der Waals surface area contributed by atoms with Crippen molar-refractivity contribution in [1.82, 2.24) is 25.5 Å². The van der Waals surface area contributed by atoms with E-state index in [1.54, 1.807) is 17.4 Å². The van der Waals surface area contributed by atoms with Crippen LogP contribution in [0.1, 0.15) is 89.8 Å². The SMILES string of the molecule is CC[C@@H](C[C@H](O)[C@H](CC1CCCCC1)NC(=O)[C@H](Cc1cnc[nH]1)NC(=O)[C@@H](CC(=O)N1CCOCC1)Cc1ccccc1)C(C)C. The number of benzene rings is 1. The van der Waals surface area contributed by atoms with E-state index >= 15 is 0 Å². The first-order chi connectivity index (χ1) is 22.7. The van der Waals surface area contributed by atoms with Crippen molar-refractivity contribution < 1.29 is 24.2 Å². The maximum absolute atomic E-state index is 14.1. The number of nitrogens with zero attached hydrogens (tertiary/aromatic N) is 2. The third kappa shape index (κ3) is 11.7. The number of morpholine rings is 1. The standard InChI is InChI=1S/C37H57N5O5/c1-4-29(26(2)3)21-34(43)32(20-28-13-9-6-10-14-28)40-37(46)33(23-31-24-38-25-39-31)41-36(45)30(19-27-11-7-5-8-12-27)22-35(44)42-15-17-47-18-16-42/h5,7-8,11-12,24-26,28-30,32-34,43H,4,6,9-10,13-23H2,1-3H3,(H,38,39)(H,40,46)(H,41,45)/t29-,30+,32-,33-,34-/m0/s1. The first-order valence-electron chi connectivity index (χ1n) is 17.9. The molecule has 47 heavy (non-hydrogen) atoms. The van der Waals surface area contributed by atoms with E-state index in [-0.39, 0.29) is 30.6 Å². The van der Waals surface area contributed by atoms with Gasteiger partial charge in [0.25, 0.3) is 0 Å².